The molecular formula is C23H25ClFN5O4. The fraction of sp³-hybridized carbons (Fsp3) is 0.391. The number of nitrogens with one attached hydrogen (secondary N) is 1. The molecule has 3 heterocycles. The average molecular weight is 490 g/mol. The van der Waals surface area contributed by atoms with E-state index >= 15 is 0 Å². The van der Waals surface area contributed by atoms with Crippen LogP contribution in [0.15, 0.2) is 23.0 Å². The van der Waals surface area contributed by atoms with Gasteiger partial charge in [-0.1, -0.05) is 31.5 Å². The minimum Gasteiger partial charge on any atom is -0.505 e. The summed E-state index contributed by atoms with van der Waals surface area (Å²) >= 11 is 5.86. The maximum absolute atomic E-state index is 13.6. The second kappa shape index (κ2) is 8.75. The Labute approximate surface area is 199 Å². The average Bonchev–Trinajstić information content (AvgIpc) is 3.09. The Kier molecular flexibility index (Phi) is 6.11. The van der Waals surface area contributed by atoms with E-state index in [2.05, 4.69) is 10.4 Å². The van der Waals surface area contributed by atoms with Gasteiger partial charge in [0.25, 0.3) is 17.4 Å². The molecule has 0 aliphatic carbocycles. The molecule has 0 bridgehead atoms. The van der Waals surface area contributed by atoms with E-state index in [1.54, 1.807) is 4.90 Å². The van der Waals surface area contributed by atoms with Crippen LogP contribution in [0.1, 0.15) is 53.4 Å². The molecule has 2 amide bonds. The fourth-order valence-corrected chi connectivity index (χ4v) is 4.62. The van der Waals surface area contributed by atoms with Crippen LogP contribution in [0.5, 0.6) is 5.75 Å². The molecule has 180 valence electrons. The van der Waals surface area contributed by atoms with Crippen LogP contribution < -0.4 is 10.9 Å². The third kappa shape index (κ3) is 3.81. The van der Waals surface area contributed by atoms with Crippen molar-refractivity contribution in [3.63, 3.8) is 0 Å². The highest BCUT2D eigenvalue weighted by molar-refractivity contribution is 6.30. The summed E-state index contributed by atoms with van der Waals surface area (Å²) in [7, 11) is 1.42. The predicted octanol–water partition coefficient (Wildman–Crippen LogP) is 2.78. The van der Waals surface area contributed by atoms with Crippen molar-refractivity contribution in [2.75, 3.05) is 20.1 Å². The fourth-order valence-electron chi connectivity index (χ4n) is 4.42. The van der Waals surface area contributed by atoms with Crippen molar-refractivity contribution in [2.24, 2.45) is 5.92 Å². The summed E-state index contributed by atoms with van der Waals surface area (Å²) in [4.78, 5) is 41.1. The third-order valence-corrected chi connectivity index (χ3v) is 6.12. The maximum atomic E-state index is 13.6. The number of aromatic hydroxyl groups is 1. The monoisotopic (exact) mass is 489 g/mol. The number of amides is 2. The molecule has 0 saturated heterocycles. The van der Waals surface area contributed by atoms with Crippen molar-refractivity contribution in [1.29, 1.82) is 0 Å². The Bertz CT molecular complexity index is 1380. The van der Waals surface area contributed by atoms with E-state index in [0.717, 1.165) is 4.68 Å². The van der Waals surface area contributed by atoms with Crippen LogP contribution in [0.25, 0.3) is 10.9 Å². The minimum absolute atomic E-state index is 0.0407. The van der Waals surface area contributed by atoms with Crippen molar-refractivity contribution in [2.45, 2.75) is 33.4 Å². The van der Waals surface area contributed by atoms with E-state index in [4.69, 9.17) is 11.6 Å². The Morgan fingerprint density at radius 1 is 1.35 bits per heavy atom. The first kappa shape index (κ1) is 23.7. The molecule has 2 N–H and O–H groups in total. The molecule has 3 aromatic rings. The predicted molar refractivity (Wildman–Crippen MR) is 125 cm³/mol. The molecule has 11 heteroatoms. The Hall–Kier alpha value is -3.40. The zero-order valence-corrected chi connectivity index (χ0v) is 20.0. The second-order valence-corrected chi connectivity index (χ2v) is 9.29. The summed E-state index contributed by atoms with van der Waals surface area (Å²) in [6.07, 6.45) is 0. The lowest BCUT2D eigenvalue weighted by atomic mass is 10.1. The Morgan fingerprint density at radius 3 is 2.68 bits per heavy atom. The molecule has 0 spiro atoms. The highest BCUT2D eigenvalue weighted by Gasteiger charge is 2.38. The van der Waals surface area contributed by atoms with Gasteiger partial charge in [0.05, 0.1) is 17.1 Å². The summed E-state index contributed by atoms with van der Waals surface area (Å²) in [6, 6.07) is 3.65. The molecule has 1 atom stereocenters. The van der Waals surface area contributed by atoms with Gasteiger partial charge in [0.15, 0.2) is 17.1 Å². The van der Waals surface area contributed by atoms with E-state index in [1.807, 2.05) is 20.8 Å². The quantitative estimate of drug-likeness (QED) is 0.572. The zero-order valence-electron chi connectivity index (χ0n) is 19.2. The van der Waals surface area contributed by atoms with Gasteiger partial charge >= 0.3 is 0 Å². The molecule has 0 fully saturated rings. The molecule has 2 aromatic heterocycles. The first-order valence-corrected chi connectivity index (χ1v) is 11.3. The van der Waals surface area contributed by atoms with Gasteiger partial charge in [-0.05, 0) is 30.5 Å². The molecule has 1 aromatic carbocycles. The van der Waals surface area contributed by atoms with Crippen molar-refractivity contribution in [3.8, 4) is 5.75 Å². The van der Waals surface area contributed by atoms with Gasteiger partial charge in [-0.2, -0.15) is 5.10 Å². The summed E-state index contributed by atoms with van der Waals surface area (Å²) in [5.74, 6) is -1.88. The van der Waals surface area contributed by atoms with Gasteiger partial charge in [-0.3, -0.25) is 14.4 Å². The number of hydrogen-bond donors (Lipinski definition) is 2. The zero-order chi connectivity index (χ0) is 24.9. The molecule has 1 aliphatic heterocycles. The van der Waals surface area contributed by atoms with Crippen molar-refractivity contribution in [3.05, 3.63) is 56.3 Å². The van der Waals surface area contributed by atoms with Gasteiger partial charge in [0.2, 0.25) is 0 Å². The number of rotatable bonds is 5. The molecule has 0 saturated carbocycles. The van der Waals surface area contributed by atoms with E-state index < -0.39 is 28.9 Å². The number of hydrogen-bond acceptors (Lipinski definition) is 5. The lowest BCUT2D eigenvalue weighted by Crippen LogP contribution is -2.43. The molecular weight excluding hydrogens is 465 g/mol. The van der Waals surface area contributed by atoms with E-state index in [-0.39, 0.29) is 45.8 Å². The van der Waals surface area contributed by atoms with E-state index in [9.17, 15) is 23.9 Å². The topological polar surface area (TPSA) is 109 Å². The van der Waals surface area contributed by atoms with Gasteiger partial charge in [0.1, 0.15) is 11.2 Å². The smallest absolute Gasteiger partial charge is 0.280 e. The van der Waals surface area contributed by atoms with Crippen LogP contribution in [-0.2, 0) is 6.54 Å². The van der Waals surface area contributed by atoms with Crippen molar-refractivity contribution < 1.29 is 19.1 Å². The molecule has 4 rings (SSSR count). The molecule has 1 aliphatic rings. The third-order valence-electron chi connectivity index (χ3n) is 5.83. The van der Waals surface area contributed by atoms with E-state index in [1.165, 1.54) is 29.8 Å². The first-order chi connectivity index (χ1) is 16.0. The second-order valence-electron chi connectivity index (χ2n) is 8.88. The number of nitrogens with zero attached hydrogens (tertiary/aromatic N) is 4. The molecule has 9 nitrogen and oxygen atoms in total. The highest BCUT2D eigenvalue weighted by atomic mass is 35.5. The van der Waals surface area contributed by atoms with Gasteiger partial charge in [-0.15, -0.1) is 0 Å². The summed E-state index contributed by atoms with van der Waals surface area (Å²) < 4.78 is 16.1. The maximum Gasteiger partial charge on any atom is 0.280 e. The normalized spacial score (nSPS) is 15.8. The summed E-state index contributed by atoms with van der Waals surface area (Å²) in [6.45, 7) is 6.53. The molecule has 34 heavy (non-hydrogen) atoms. The summed E-state index contributed by atoms with van der Waals surface area (Å²) in [5, 5.41) is 17.6. The van der Waals surface area contributed by atoms with Gasteiger partial charge in [-0.25, -0.2) is 9.07 Å². The van der Waals surface area contributed by atoms with E-state index in [0.29, 0.717) is 18.7 Å². The molecule has 0 unspecified atom stereocenters. The largest absolute Gasteiger partial charge is 0.505 e. The number of halogens is 2. The van der Waals surface area contributed by atoms with Crippen molar-refractivity contribution in [1.82, 2.24) is 24.6 Å². The minimum atomic E-state index is -0.682. The number of aromatic nitrogens is 3. The van der Waals surface area contributed by atoms with Crippen LogP contribution in [0.4, 0.5) is 4.39 Å². The number of benzene rings is 1. The van der Waals surface area contributed by atoms with Gasteiger partial charge in [0, 0.05) is 26.2 Å². The Balaban J connectivity index is 1.98. The molecule has 0 radical (unpaired) electrons. The standard InChI is InChI=1S/C23H25ClFN5O4/c1-11(2)8-28-9-12(3)30-18-16(20(31)19(30)23(28)34)22(33)29(27-17(18)21(32)26-4)10-13-5-6-15(25)14(24)7-13/h5-7,11-12,31H,8-10H2,1-4H3,(H,26,32)/t12-/m0/s1. The lowest BCUT2D eigenvalue weighted by molar-refractivity contribution is 0.0652. The van der Waals surface area contributed by atoms with Crippen LogP contribution >= 0.6 is 11.6 Å². The SMILES string of the molecule is CNC(=O)c1nn(Cc2ccc(F)c(Cl)c2)c(=O)c2c(O)c3n(c12)[C@@H](C)CN(CC(C)C)C3=O. The number of carbonyl (C=O) groups is 2. The lowest BCUT2D eigenvalue weighted by Gasteiger charge is -2.34. The van der Waals surface area contributed by atoms with Gasteiger partial charge < -0.3 is 19.9 Å². The van der Waals surface area contributed by atoms with Crippen LogP contribution in [0.3, 0.4) is 0 Å². The van der Waals surface area contributed by atoms with Crippen LogP contribution in [-0.4, -0.2) is 56.3 Å². The number of carbonyl (C=O) groups excluding carboxylic acids is 2. The highest BCUT2D eigenvalue weighted by Crippen LogP contribution is 2.38. The Morgan fingerprint density at radius 2 is 2.06 bits per heavy atom. The summed E-state index contributed by atoms with van der Waals surface area (Å²) in [5.41, 5.74) is -0.253. The van der Waals surface area contributed by atoms with Crippen molar-refractivity contribution >= 4 is 34.3 Å². The van der Waals surface area contributed by atoms with Crippen LogP contribution in [0, 0.1) is 11.7 Å². The van der Waals surface area contributed by atoms with Crippen LogP contribution in [0.2, 0.25) is 5.02 Å². The first-order valence-electron chi connectivity index (χ1n) is 10.9. The number of fused-ring (bicyclic) bond motifs is 3.